The van der Waals surface area contributed by atoms with Gasteiger partial charge in [-0.05, 0) is 42.3 Å². The number of benzene rings is 2. The Bertz CT molecular complexity index is 862. The van der Waals surface area contributed by atoms with Crippen molar-refractivity contribution in [2.75, 3.05) is 23.4 Å². The highest BCUT2D eigenvalue weighted by atomic mass is 15.5. The van der Waals surface area contributed by atoms with E-state index in [1.807, 2.05) is 24.3 Å². The predicted molar refractivity (Wildman–Crippen MR) is 138 cm³/mol. The van der Waals surface area contributed by atoms with Crippen LogP contribution < -0.4 is 15.8 Å². The summed E-state index contributed by atoms with van der Waals surface area (Å²) in [6, 6.07) is 16.4. The van der Waals surface area contributed by atoms with Crippen molar-refractivity contribution in [1.82, 2.24) is 5.43 Å². The first-order chi connectivity index (χ1) is 15.8. The fourth-order valence-electron chi connectivity index (χ4n) is 4.09. The molecule has 0 spiro atoms. The highest BCUT2D eigenvalue weighted by Gasteiger charge is 2.15. The molecular formula is C28H38N4. The minimum Gasteiger partial charge on any atom is -0.385 e. The van der Waals surface area contributed by atoms with Crippen molar-refractivity contribution in [3.8, 4) is 0 Å². The van der Waals surface area contributed by atoms with Crippen LogP contribution in [-0.2, 0) is 0 Å². The Morgan fingerprint density at radius 2 is 1.47 bits per heavy atom. The third-order valence-corrected chi connectivity index (χ3v) is 6.08. The molecule has 4 heteroatoms. The van der Waals surface area contributed by atoms with E-state index in [0.717, 1.165) is 30.0 Å². The summed E-state index contributed by atoms with van der Waals surface area (Å²) >= 11 is 0. The molecule has 1 aliphatic heterocycles. The molecule has 2 N–H and O–H groups in total. The maximum atomic E-state index is 7.08. The van der Waals surface area contributed by atoms with Gasteiger partial charge >= 0.3 is 0 Å². The third-order valence-electron chi connectivity index (χ3n) is 6.08. The van der Waals surface area contributed by atoms with Gasteiger partial charge in [-0.3, -0.25) is 10.4 Å². The molecule has 170 valence electrons. The third kappa shape index (κ3) is 7.64. The molecule has 0 atom stereocenters. The van der Waals surface area contributed by atoms with Crippen molar-refractivity contribution in [3.63, 3.8) is 0 Å². The van der Waals surface area contributed by atoms with Gasteiger partial charge in [0.05, 0.1) is 24.5 Å². The minimum atomic E-state index is 0.671. The zero-order chi connectivity index (χ0) is 22.4. The second kappa shape index (κ2) is 13.5. The average Bonchev–Trinajstić information content (AvgIpc) is 3.33. The van der Waals surface area contributed by atoms with E-state index in [9.17, 15) is 0 Å². The first-order valence-electron chi connectivity index (χ1n) is 12.4. The lowest BCUT2D eigenvalue weighted by Crippen LogP contribution is -2.31. The number of nitrogens with one attached hydrogen (secondary N) is 2. The number of anilines is 2. The average molecular weight is 431 g/mol. The lowest BCUT2D eigenvalue weighted by atomic mass is 10.1. The number of hydrazine groups is 1. The molecule has 2 aromatic carbocycles. The van der Waals surface area contributed by atoms with Gasteiger partial charge in [0.2, 0.25) is 0 Å². The molecule has 0 saturated heterocycles. The van der Waals surface area contributed by atoms with Gasteiger partial charge in [0.1, 0.15) is 0 Å². The van der Waals surface area contributed by atoms with Crippen LogP contribution in [0.2, 0.25) is 0 Å². The first kappa shape index (κ1) is 23.7. The summed E-state index contributed by atoms with van der Waals surface area (Å²) in [6.07, 6.45) is 15.9. The van der Waals surface area contributed by atoms with Crippen LogP contribution in [0.3, 0.4) is 0 Å². The zero-order valence-electron chi connectivity index (χ0n) is 19.6. The second-order valence-electron chi connectivity index (χ2n) is 8.65. The van der Waals surface area contributed by atoms with Crippen molar-refractivity contribution in [1.29, 1.82) is 0 Å². The highest BCUT2D eigenvalue weighted by Crippen LogP contribution is 2.24. The predicted octanol–water partition coefficient (Wildman–Crippen LogP) is 7.94. The topological polar surface area (TPSA) is 31.7 Å². The molecule has 0 aliphatic carbocycles. The normalized spacial score (nSPS) is 12.9. The molecule has 4 nitrogen and oxygen atoms in total. The quantitative estimate of drug-likeness (QED) is 0.236. The Morgan fingerprint density at radius 1 is 0.844 bits per heavy atom. The zero-order valence-corrected chi connectivity index (χ0v) is 19.6. The van der Waals surface area contributed by atoms with Crippen LogP contribution in [0.4, 0.5) is 17.1 Å². The summed E-state index contributed by atoms with van der Waals surface area (Å²) in [5, 5.41) is 5.70. The Labute approximate surface area is 194 Å². The van der Waals surface area contributed by atoms with Gasteiger partial charge in [-0.2, -0.15) is 0 Å². The van der Waals surface area contributed by atoms with Crippen molar-refractivity contribution >= 4 is 22.8 Å². The molecular weight excluding hydrogens is 392 g/mol. The largest absolute Gasteiger partial charge is 0.385 e. The molecule has 3 rings (SSSR count). The van der Waals surface area contributed by atoms with Crippen LogP contribution in [0.25, 0.3) is 10.5 Å². The molecule has 0 radical (unpaired) electrons. The van der Waals surface area contributed by atoms with Crippen LogP contribution >= 0.6 is 0 Å². The fraction of sp³-hybridized carbons (Fsp3) is 0.464. The maximum absolute atomic E-state index is 7.08. The fourth-order valence-corrected chi connectivity index (χ4v) is 4.09. The van der Waals surface area contributed by atoms with Crippen molar-refractivity contribution < 1.29 is 0 Å². The molecule has 2 aromatic rings. The lowest BCUT2D eigenvalue weighted by molar-refractivity contribution is 0.560. The van der Waals surface area contributed by atoms with Gasteiger partial charge in [-0.1, -0.05) is 89.0 Å². The molecule has 1 heterocycles. The molecule has 32 heavy (non-hydrogen) atoms. The number of hydrogen-bond donors (Lipinski definition) is 2. The second-order valence-corrected chi connectivity index (χ2v) is 8.65. The summed E-state index contributed by atoms with van der Waals surface area (Å²) in [5.41, 5.74) is 8.67. The Balaban J connectivity index is 1.30. The van der Waals surface area contributed by atoms with Crippen LogP contribution in [0, 0.1) is 6.57 Å². The molecule has 0 saturated carbocycles. The van der Waals surface area contributed by atoms with E-state index in [2.05, 4.69) is 57.9 Å². The summed E-state index contributed by atoms with van der Waals surface area (Å²) < 4.78 is 0. The number of nitrogens with zero attached hydrogens (tertiary/aromatic N) is 2. The van der Waals surface area contributed by atoms with E-state index in [-0.39, 0.29) is 0 Å². The van der Waals surface area contributed by atoms with Crippen LogP contribution in [0.1, 0.15) is 76.7 Å². The van der Waals surface area contributed by atoms with Gasteiger partial charge < -0.3 is 5.32 Å². The molecule has 0 bridgehead atoms. The van der Waals surface area contributed by atoms with Crippen molar-refractivity contribution in [2.45, 2.75) is 71.1 Å². The number of rotatable bonds is 14. The van der Waals surface area contributed by atoms with Gasteiger partial charge in [0.25, 0.3) is 0 Å². The SMILES string of the molecule is [C-]#[N+]c1ccc(C2=CCN(c3ccc(NCCCCCCCCCCCC)cc3)N2)cc1. The van der Waals surface area contributed by atoms with E-state index in [0.29, 0.717) is 5.69 Å². The molecule has 0 fully saturated rings. The van der Waals surface area contributed by atoms with E-state index in [1.54, 1.807) is 0 Å². The summed E-state index contributed by atoms with van der Waals surface area (Å²) in [4.78, 5) is 3.46. The lowest BCUT2D eigenvalue weighted by Gasteiger charge is -2.21. The Hall–Kier alpha value is -2.93. The highest BCUT2D eigenvalue weighted by molar-refractivity contribution is 5.71. The Morgan fingerprint density at radius 3 is 2.09 bits per heavy atom. The van der Waals surface area contributed by atoms with Gasteiger partial charge in [-0.15, -0.1) is 0 Å². The Kier molecular flexibility index (Phi) is 9.99. The molecule has 0 amide bonds. The van der Waals surface area contributed by atoms with E-state index in [1.165, 1.54) is 69.9 Å². The van der Waals surface area contributed by atoms with E-state index >= 15 is 0 Å². The number of hydrogen-bond acceptors (Lipinski definition) is 3. The van der Waals surface area contributed by atoms with Crippen LogP contribution in [0.15, 0.2) is 54.6 Å². The van der Waals surface area contributed by atoms with E-state index in [4.69, 9.17) is 6.57 Å². The molecule has 0 unspecified atom stereocenters. The van der Waals surface area contributed by atoms with Crippen molar-refractivity contribution in [3.05, 3.63) is 71.6 Å². The summed E-state index contributed by atoms with van der Waals surface area (Å²) in [6.45, 7) is 11.2. The maximum Gasteiger partial charge on any atom is 0.187 e. The summed E-state index contributed by atoms with van der Waals surface area (Å²) in [5.74, 6) is 0. The first-order valence-corrected chi connectivity index (χ1v) is 12.4. The van der Waals surface area contributed by atoms with Gasteiger partial charge in [-0.25, -0.2) is 4.85 Å². The standard InChI is InChI=1S/C28H38N4/c1-3-4-5-6-7-8-9-10-11-12-22-30-26-17-19-27(20-18-26)32-23-21-28(31-32)24-13-15-25(29-2)16-14-24/h13-21,30-31H,3-12,22-23H2,1H3. The molecule has 0 aromatic heterocycles. The van der Waals surface area contributed by atoms with Gasteiger partial charge in [0.15, 0.2) is 5.69 Å². The minimum absolute atomic E-state index is 0.671. The smallest absolute Gasteiger partial charge is 0.187 e. The van der Waals surface area contributed by atoms with Crippen LogP contribution in [-0.4, -0.2) is 13.1 Å². The number of unbranched alkanes of at least 4 members (excludes halogenated alkanes) is 9. The van der Waals surface area contributed by atoms with Crippen LogP contribution in [0.5, 0.6) is 0 Å². The monoisotopic (exact) mass is 430 g/mol. The van der Waals surface area contributed by atoms with Crippen molar-refractivity contribution in [2.24, 2.45) is 0 Å². The van der Waals surface area contributed by atoms with Gasteiger partial charge in [0, 0.05) is 12.2 Å². The van der Waals surface area contributed by atoms with E-state index < -0.39 is 0 Å². The molecule has 1 aliphatic rings. The summed E-state index contributed by atoms with van der Waals surface area (Å²) in [7, 11) is 0.